The summed E-state index contributed by atoms with van der Waals surface area (Å²) in [5.41, 5.74) is 1.58. The van der Waals surface area contributed by atoms with E-state index in [1.807, 2.05) is 30.0 Å². The van der Waals surface area contributed by atoms with Crippen LogP contribution in [-0.2, 0) is 4.79 Å². The van der Waals surface area contributed by atoms with E-state index in [1.54, 1.807) is 18.2 Å². The molecule has 1 aliphatic rings. The van der Waals surface area contributed by atoms with Gasteiger partial charge in [-0.05, 0) is 24.1 Å². The van der Waals surface area contributed by atoms with Gasteiger partial charge in [0.05, 0.1) is 15.7 Å². The minimum atomic E-state index is -0.586. The van der Waals surface area contributed by atoms with E-state index in [1.165, 1.54) is 5.56 Å². The van der Waals surface area contributed by atoms with E-state index in [-0.39, 0.29) is 10.9 Å². The summed E-state index contributed by atoms with van der Waals surface area (Å²) >= 11 is 12.2. The molecule has 2 aromatic carbocycles. The molecule has 0 radical (unpaired) electrons. The molecule has 1 aliphatic heterocycles. The number of amides is 3. The first kappa shape index (κ1) is 25.1. The quantitative estimate of drug-likeness (QED) is 0.540. The number of piperazine rings is 1. The van der Waals surface area contributed by atoms with Crippen LogP contribution in [0.3, 0.4) is 0 Å². The van der Waals surface area contributed by atoms with E-state index in [9.17, 15) is 9.59 Å². The number of hydrogen-bond donors (Lipinski definition) is 2. The smallest absolute Gasteiger partial charge is 0.319 e. The first-order valence-corrected chi connectivity index (χ1v) is 12.0. The highest BCUT2D eigenvalue weighted by molar-refractivity contribution is 6.43. The van der Waals surface area contributed by atoms with Gasteiger partial charge in [-0.2, -0.15) is 0 Å². The lowest BCUT2D eigenvalue weighted by Gasteiger charge is -2.36. The van der Waals surface area contributed by atoms with Crippen LogP contribution in [-0.4, -0.2) is 60.5 Å². The van der Waals surface area contributed by atoms with Crippen LogP contribution >= 0.6 is 23.2 Å². The summed E-state index contributed by atoms with van der Waals surface area (Å²) in [4.78, 5) is 29.8. The number of carbonyl (C=O) groups is 2. The van der Waals surface area contributed by atoms with Gasteiger partial charge in [0.2, 0.25) is 5.91 Å². The number of benzene rings is 2. The molecule has 3 rings (SSSR count). The molecule has 6 nitrogen and oxygen atoms in total. The van der Waals surface area contributed by atoms with Gasteiger partial charge in [-0.15, -0.1) is 0 Å². The lowest BCUT2D eigenvalue weighted by Crippen LogP contribution is -2.55. The molecule has 2 aromatic rings. The summed E-state index contributed by atoms with van der Waals surface area (Å²) in [5, 5.41) is 6.12. The number of nitrogens with zero attached hydrogens (tertiary/aromatic N) is 2. The second-order valence-electron chi connectivity index (χ2n) is 7.98. The standard InChI is InChI=1S/C25H30Cl2N4O2/c1-2-8-22(29-25(33)28-21-13-6-12-20(26)23(21)27)24(32)31-17-15-30(16-18-31)14-7-11-19-9-4-3-5-10-19/h3-7,9-13,22H,2,8,14-18H2,1H3,(H2,28,29,33)/b11-7+. The Kier molecular flexibility index (Phi) is 9.61. The van der Waals surface area contributed by atoms with Gasteiger partial charge in [-0.1, -0.05) is 85.1 Å². The zero-order chi connectivity index (χ0) is 23.6. The Morgan fingerprint density at radius 2 is 1.76 bits per heavy atom. The molecule has 1 heterocycles. The monoisotopic (exact) mass is 488 g/mol. The van der Waals surface area contributed by atoms with Crippen molar-refractivity contribution in [3.05, 3.63) is 70.2 Å². The lowest BCUT2D eigenvalue weighted by atomic mass is 10.1. The number of nitrogens with one attached hydrogen (secondary N) is 2. The van der Waals surface area contributed by atoms with Crippen LogP contribution in [0.5, 0.6) is 0 Å². The highest BCUT2D eigenvalue weighted by atomic mass is 35.5. The van der Waals surface area contributed by atoms with Gasteiger partial charge in [0.25, 0.3) is 0 Å². The highest BCUT2D eigenvalue weighted by Crippen LogP contribution is 2.29. The third-order valence-corrected chi connectivity index (χ3v) is 6.36. The molecule has 8 heteroatoms. The fourth-order valence-electron chi connectivity index (χ4n) is 3.74. The van der Waals surface area contributed by atoms with Crippen molar-refractivity contribution in [1.29, 1.82) is 0 Å². The predicted octanol–water partition coefficient (Wildman–Crippen LogP) is 5.14. The van der Waals surface area contributed by atoms with Crippen LogP contribution < -0.4 is 10.6 Å². The molecule has 0 aliphatic carbocycles. The van der Waals surface area contributed by atoms with E-state index in [0.717, 1.165) is 26.1 Å². The third-order valence-electron chi connectivity index (χ3n) is 5.54. The van der Waals surface area contributed by atoms with E-state index in [4.69, 9.17) is 23.2 Å². The van der Waals surface area contributed by atoms with E-state index in [0.29, 0.717) is 30.2 Å². The van der Waals surface area contributed by atoms with Gasteiger partial charge in [0, 0.05) is 32.7 Å². The van der Waals surface area contributed by atoms with Crippen LogP contribution in [0.2, 0.25) is 10.0 Å². The molecule has 33 heavy (non-hydrogen) atoms. The fourth-order valence-corrected chi connectivity index (χ4v) is 4.08. The largest absolute Gasteiger partial charge is 0.338 e. The van der Waals surface area contributed by atoms with Crippen LogP contribution in [0, 0.1) is 0 Å². The fraction of sp³-hybridized carbons (Fsp3) is 0.360. The molecule has 0 aromatic heterocycles. The Morgan fingerprint density at radius 3 is 2.45 bits per heavy atom. The lowest BCUT2D eigenvalue weighted by molar-refractivity contribution is -0.135. The number of urea groups is 1. The molecule has 1 unspecified atom stereocenters. The van der Waals surface area contributed by atoms with Crippen molar-refractivity contribution >= 4 is 46.9 Å². The van der Waals surface area contributed by atoms with Crippen molar-refractivity contribution in [2.24, 2.45) is 0 Å². The molecule has 1 saturated heterocycles. The zero-order valence-corrected chi connectivity index (χ0v) is 20.3. The molecule has 1 atom stereocenters. The Morgan fingerprint density at radius 1 is 1.03 bits per heavy atom. The average Bonchev–Trinajstić information content (AvgIpc) is 2.82. The SMILES string of the molecule is CCCC(NC(=O)Nc1cccc(Cl)c1Cl)C(=O)N1CCN(C/C=C/c2ccccc2)CC1. The van der Waals surface area contributed by atoms with Gasteiger partial charge in [-0.25, -0.2) is 4.79 Å². The van der Waals surface area contributed by atoms with E-state index < -0.39 is 12.1 Å². The maximum Gasteiger partial charge on any atom is 0.319 e. The van der Waals surface area contributed by atoms with Gasteiger partial charge in [-0.3, -0.25) is 9.69 Å². The average molecular weight is 489 g/mol. The first-order chi connectivity index (χ1) is 16.0. The second kappa shape index (κ2) is 12.6. The van der Waals surface area contributed by atoms with Gasteiger partial charge in [0.1, 0.15) is 6.04 Å². The molecule has 0 bridgehead atoms. The summed E-state index contributed by atoms with van der Waals surface area (Å²) in [6.45, 7) is 5.71. The van der Waals surface area contributed by atoms with Crippen LogP contribution in [0.4, 0.5) is 10.5 Å². The second-order valence-corrected chi connectivity index (χ2v) is 8.77. The Bertz CT molecular complexity index is 960. The topological polar surface area (TPSA) is 64.7 Å². The Balaban J connectivity index is 1.49. The van der Waals surface area contributed by atoms with Crippen LogP contribution in [0.25, 0.3) is 6.08 Å². The highest BCUT2D eigenvalue weighted by Gasteiger charge is 2.28. The predicted molar refractivity (Wildman–Crippen MR) is 136 cm³/mol. The van der Waals surface area contributed by atoms with Crippen molar-refractivity contribution in [1.82, 2.24) is 15.1 Å². The third kappa shape index (κ3) is 7.49. The Labute approximate surface area is 205 Å². The summed E-state index contributed by atoms with van der Waals surface area (Å²) in [5.74, 6) is -0.0522. The van der Waals surface area contributed by atoms with Crippen molar-refractivity contribution in [2.75, 3.05) is 38.0 Å². The molecule has 0 spiro atoms. The number of anilines is 1. The summed E-state index contributed by atoms with van der Waals surface area (Å²) < 4.78 is 0. The summed E-state index contributed by atoms with van der Waals surface area (Å²) in [6.07, 6.45) is 5.61. The summed E-state index contributed by atoms with van der Waals surface area (Å²) in [7, 11) is 0. The molecule has 1 fully saturated rings. The number of carbonyl (C=O) groups excluding carboxylic acids is 2. The minimum absolute atomic E-state index is 0.0522. The van der Waals surface area contributed by atoms with Crippen molar-refractivity contribution in [3.8, 4) is 0 Å². The maximum atomic E-state index is 13.1. The molecule has 0 saturated carbocycles. The van der Waals surface area contributed by atoms with Gasteiger partial charge < -0.3 is 15.5 Å². The van der Waals surface area contributed by atoms with E-state index >= 15 is 0 Å². The number of hydrogen-bond acceptors (Lipinski definition) is 3. The van der Waals surface area contributed by atoms with Crippen molar-refractivity contribution in [3.63, 3.8) is 0 Å². The van der Waals surface area contributed by atoms with Crippen LogP contribution in [0.15, 0.2) is 54.6 Å². The Hall–Kier alpha value is -2.54. The molecular formula is C25H30Cl2N4O2. The molecular weight excluding hydrogens is 459 g/mol. The van der Waals surface area contributed by atoms with E-state index in [2.05, 4.69) is 39.8 Å². The van der Waals surface area contributed by atoms with Gasteiger partial charge >= 0.3 is 6.03 Å². The number of halogens is 2. The normalized spacial score (nSPS) is 15.4. The molecule has 2 N–H and O–H groups in total. The maximum absolute atomic E-state index is 13.1. The minimum Gasteiger partial charge on any atom is -0.338 e. The number of rotatable bonds is 8. The first-order valence-electron chi connectivity index (χ1n) is 11.2. The zero-order valence-electron chi connectivity index (χ0n) is 18.8. The molecule has 176 valence electrons. The van der Waals surface area contributed by atoms with Gasteiger partial charge in [0.15, 0.2) is 0 Å². The van der Waals surface area contributed by atoms with Crippen molar-refractivity contribution < 1.29 is 9.59 Å². The van der Waals surface area contributed by atoms with Crippen molar-refractivity contribution in [2.45, 2.75) is 25.8 Å². The molecule has 3 amide bonds. The van der Waals surface area contributed by atoms with Crippen LogP contribution in [0.1, 0.15) is 25.3 Å². The summed E-state index contributed by atoms with van der Waals surface area (Å²) in [6, 6.07) is 14.1.